The predicted octanol–water partition coefficient (Wildman–Crippen LogP) is 5.96. The van der Waals surface area contributed by atoms with Crippen LogP contribution < -0.4 is 9.80 Å². The first kappa shape index (κ1) is 20.5. The van der Waals surface area contributed by atoms with Crippen molar-refractivity contribution >= 4 is 23.0 Å². The van der Waals surface area contributed by atoms with Gasteiger partial charge in [0.15, 0.2) is 0 Å². The number of hydrogen-bond donors (Lipinski definition) is 0. The molecule has 0 radical (unpaired) electrons. The molecule has 0 N–H and O–H groups in total. The third-order valence-electron chi connectivity index (χ3n) is 5.81. The average Bonchev–Trinajstić information content (AvgIpc) is 2.86. The van der Waals surface area contributed by atoms with Crippen LogP contribution in [0.25, 0.3) is 0 Å². The van der Waals surface area contributed by atoms with E-state index in [0.29, 0.717) is 17.7 Å². The quantitative estimate of drug-likeness (QED) is 0.287. The van der Waals surface area contributed by atoms with Crippen LogP contribution in [0.1, 0.15) is 27.7 Å². The number of non-ortho nitro benzene ring substituents is 1. The molecule has 0 fully saturated rings. The summed E-state index contributed by atoms with van der Waals surface area (Å²) in [6.45, 7) is 0.530. The van der Waals surface area contributed by atoms with Crippen LogP contribution in [0.3, 0.4) is 0 Å². The number of nitro groups is 1. The van der Waals surface area contributed by atoms with Gasteiger partial charge < -0.3 is 4.90 Å². The number of anilines is 2. The molecule has 5 rings (SSSR count). The van der Waals surface area contributed by atoms with Gasteiger partial charge in [0.2, 0.25) is 0 Å². The molecule has 0 saturated carbocycles. The normalized spacial score (nSPS) is 15.3. The molecule has 1 aliphatic heterocycles. The van der Waals surface area contributed by atoms with Gasteiger partial charge in [-0.25, -0.2) is 0 Å². The van der Waals surface area contributed by atoms with Crippen molar-refractivity contribution in [3.8, 4) is 0 Å². The van der Waals surface area contributed by atoms with Crippen LogP contribution in [0.15, 0.2) is 109 Å². The van der Waals surface area contributed by atoms with Crippen molar-refractivity contribution < 1.29 is 9.72 Å². The molecule has 1 aliphatic rings. The fourth-order valence-electron chi connectivity index (χ4n) is 4.34. The minimum Gasteiger partial charge on any atom is -0.342 e. The van der Waals surface area contributed by atoms with E-state index in [1.54, 1.807) is 17.0 Å². The Hall–Kier alpha value is -4.45. The Morgan fingerprint density at radius 2 is 1.45 bits per heavy atom. The highest BCUT2D eigenvalue weighted by Crippen LogP contribution is 2.42. The van der Waals surface area contributed by atoms with E-state index >= 15 is 0 Å². The highest BCUT2D eigenvalue weighted by Gasteiger charge is 2.39. The number of rotatable bonds is 5. The summed E-state index contributed by atoms with van der Waals surface area (Å²) < 4.78 is 0. The monoisotopic (exact) mass is 435 g/mol. The number of hydrogen-bond acceptors (Lipinski definition) is 4. The highest BCUT2D eigenvalue weighted by atomic mass is 16.6. The summed E-state index contributed by atoms with van der Waals surface area (Å²) in [4.78, 5) is 28.8. The molecule has 0 aromatic heterocycles. The second-order valence-electron chi connectivity index (χ2n) is 7.87. The van der Waals surface area contributed by atoms with Crippen molar-refractivity contribution in [1.29, 1.82) is 0 Å². The largest absolute Gasteiger partial charge is 0.342 e. The summed E-state index contributed by atoms with van der Waals surface area (Å²) >= 11 is 0. The molecule has 4 aromatic carbocycles. The van der Waals surface area contributed by atoms with E-state index < -0.39 is 11.1 Å². The molecule has 1 amide bonds. The average molecular weight is 435 g/mol. The Labute approximate surface area is 191 Å². The molecular formula is C27H21N3O3. The number of amides is 1. The first-order valence-electron chi connectivity index (χ1n) is 10.7. The highest BCUT2D eigenvalue weighted by molar-refractivity contribution is 6.12. The number of fused-ring (bicyclic) bond motifs is 1. The number of carbonyl (C=O) groups is 1. The van der Waals surface area contributed by atoms with Crippen LogP contribution in [0, 0.1) is 10.1 Å². The molecule has 4 aromatic rings. The van der Waals surface area contributed by atoms with E-state index in [1.807, 2.05) is 91.0 Å². The van der Waals surface area contributed by atoms with Crippen molar-refractivity contribution in [2.75, 3.05) is 9.80 Å². The van der Waals surface area contributed by atoms with E-state index in [-0.39, 0.29) is 11.6 Å². The maximum atomic E-state index is 13.8. The molecule has 1 heterocycles. The summed E-state index contributed by atoms with van der Waals surface area (Å²) in [6, 6.07) is 33.5. The van der Waals surface area contributed by atoms with Crippen molar-refractivity contribution in [1.82, 2.24) is 0 Å². The van der Waals surface area contributed by atoms with Crippen LogP contribution in [-0.4, -0.2) is 10.8 Å². The zero-order chi connectivity index (χ0) is 22.8. The Morgan fingerprint density at radius 1 is 0.788 bits per heavy atom. The molecule has 1 atom stereocenters. The lowest BCUT2D eigenvalue weighted by Crippen LogP contribution is -2.49. The smallest absolute Gasteiger partial charge is 0.269 e. The van der Waals surface area contributed by atoms with E-state index in [2.05, 4.69) is 4.90 Å². The van der Waals surface area contributed by atoms with E-state index in [0.717, 1.165) is 16.9 Å². The van der Waals surface area contributed by atoms with Crippen molar-refractivity contribution in [3.05, 3.63) is 136 Å². The first-order valence-corrected chi connectivity index (χ1v) is 10.7. The fourth-order valence-corrected chi connectivity index (χ4v) is 4.34. The molecule has 0 spiro atoms. The zero-order valence-corrected chi connectivity index (χ0v) is 17.7. The van der Waals surface area contributed by atoms with Crippen molar-refractivity contribution in [2.24, 2.45) is 0 Å². The summed E-state index contributed by atoms with van der Waals surface area (Å²) in [5, 5.41) is 11.5. The summed E-state index contributed by atoms with van der Waals surface area (Å²) in [5.41, 5.74) is 3.86. The van der Waals surface area contributed by atoms with Gasteiger partial charge in [-0.05, 0) is 29.8 Å². The van der Waals surface area contributed by atoms with Gasteiger partial charge >= 0.3 is 0 Å². The van der Waals surface area contributed by atoms with E-state index in [1.165, 1.54) is 6.07 Å². The minimum absolute atomic E-state index is 0.00789. The molecule has 0 aliphatic carbocycles. The number of para-hydroxylation sites is 2. The van der Waals surface area contributed by atoms with Crippen LogP contribution in [0.2, 0.25) is 0 Å². The standard InChI is InChI=1S/C27H21N3O3/c31-27-24-16-7-8-17-25(24)28(19-20-10-3-1-4-11-20)26(29(27)22-13-5-2-6-14-22)21-12-9-15-23(18-21)30(32)33/h1-18,26H,19H2/t26-/m0/s1. The molecule has 0 bridgehead atoms. The van der Waals surface area contributed by atoms with Gasteiger partial charge in [0.25, 0.3) is 11.6 Å². The molecule has 162 valence electrons. The summed E-state index contributed by atoms with van der Waals surface area (Å²) in [7, 11) is 0. The number of benzene rings is 4. The summed E-state index contributed by atoms with van der Waals surface area (Å²) in [5.74, 6) is -0.141. The SMILES string of the molecule is O=C1c2ccccc2N(Cc2ccccc2)[C@H](c2cccc([N+](=O)[O-])c2)N1c1ccccc1. The van der Waals surface area contributed by atoms with Gasteiger partial charge in [-0.1, -0.05) is 72.8 Å². The van der Waals surface area contributed by atoms with Crippen LogP contribution in [0.4, 0.5) is 17.1 Å². The topological polar surface area (TPSA) is 66.7 Å². The molecule has 6 heteroatoms. The molecule has 0 unspecified atom stereocenters. The lowest BCUT2D eigenvalue weighted by atomic mass is 9.99. The van der Waals surface area contributed by atoms with Crippen molar-refractivity contribution in [2.45, 2.75) is 12.7 Å². The first-order chi connectivity index (χ1) is 16.1. The number of nitrogens with zero attached hydrogens (tertiary/aromatic N) is 3. The third kappa shape index (κ3) is 3.83. The van der Waals surface area contributed by atoms with Crippen LogP contribution in [-0.2, 0) is 6.54 Å². The van der Waals surface area contributed by atoms with Crippen molar-refractivity contribution in [3.63, 3.8) is 0 Å². The lowest BCUT2D eigenvalue weighted by Gasteiger charge is -2.46. The maximum Gasteiger partial charge on any atom is 0.269 e. The van der Waals surface area contributed by atoms with Gasteiger partial charge in [-0.2, -0.15) is 0 Å². The zero-order valence-electron chi connectivity index (χ0n) is 17.7. The fraction of sp³-hybridized carbons (Fsp3) is 0.0741. The van der Waals surface area contributed by atoms with Crippen LogP contribution >= 0.6 is 0 Å². The summed E-state index contributed by atoms with van der Waals surface area (Å²) in [6.07, 6.45) is -0.560. The second kappa shape index (κ2) is 8.59. The van der Waals surface area contributed by atoms with Crippen LogP contribution in [0.5, 0.6) is 0 Å². The predicted molar refractivity (Wildman–Crippen MR) is 128 cm³/mol. The Morgan fingerprint density at radius 3 is 2.18 bits per heavy atom. The van der Waals surface area contributed by atoms with Gasteiger partial charge in [0.1, 0.15) is 6.17 Å². The Balaban J connectivity index is 1.74. The van der Waals surface area contributed by atoms with E-state index in [4.69, 9.17) is 0 Å². The molecule has 0 saturated heterocycles. The molecule has 6 nitrogen and oxygen atoms in total. The molecule has 33 heavy (non-hydrogen) atoms. The van der Waals surface area contributed by atoms with Gasteiger partial charge in [-0.3, -0.25) is 19.8 Å². The number of nitro benzene ring substituents is 1. The van der Waals surface area contributed by atoms with Gasteiger partial charge in [0, 0.05) is 29.9 Å². The van der Waals surface area contributed by atoms with Gasteiger partial charge in [-0.15, -0.1) is 0 Å². The van der Waals surface area contributed by atoms with Gasteiger partial charge in [0.05, 0.1) is 16.2 Å². The Bertz CT molecular complexity index is 1310. The maximum absolute atomic E-state index is 13.8. The number of carbonyl (C=O) groups excluding carboxylic acids is 1. The van der Waals surface area contributed by atoms with E-state index in [9.17, 15) is 14.9 Å². The second-order valence-corrected chi connectivity index (χ2v) is 7.87. The third-order valence-corrected chi connectivity index (χ3v) is 5.81. The minimum atomic E-state index is -0.560. The Kier molecular flexibility index (Phi) is 5.32. The lowest BCUT2D eigenvalue weighted by molar-refractivity contribution is -0.384. The molecular weight excluding hydrogens is 414 g/mol.